The van der Waals surface area contributed by atoms with Crippen molar-refractivity contribution in [3.8, 4) is 0 Å². The Morgan fingerprint density at radius 3 is 2.47 bits per heavy atom. The molecule has 0 aromatic carbocycles. The van der Waals surface area contributed by atoms with Gasteiger partial charge in [0.2, 0.25) is 0 Å². The van der Waals surface area contributed by atoms with Crippen molar-refractivity contribution in [1.29, 1.82) is 0 Å². The normalized spacial score (nSPS) is 20.5. The first kappa shape index (κ1) is 12.7. The van der Waals surface area contributed by atoms with Crippen LogP contribution in [-0.4, -0.2) is 30.3 Å². The maximum absolute atomic E-state index is 12.0. The largest absolute Gasteiger partial charge is 0.298 e. The van der Waals surface area contributed by atoms with Crippen LogP contribution in [0.2, 0.25) is 0 Å². The predicted octanol–water partition coefficient (Wildman–Crippen LogP) is 2.87. The summed E-state index contributed by atoms with van der Waals surface area (Å²) in [5.41, 5.74) is 0. The van der Waals surface area contributed by atoms with Gasteiger partial charge in [0.05, 0.1) is 6.54 Å². The minimum Gasteiger partial charge on any atom is -0.298 e. The molecule has 1 rings (SSSR count). The molecule has 2 nitrogen and oxygen atoms in total. The minimum atomic E-state index is 0.366. The highest BCUT2D eigenvalue weighted by atomic mass is 16.1. The molecule has 15 heavy (non-hydrogen) atoms. The second kappa shape index (κ2) is 6.26. The van der Waals surface area contributed by atoms with Crippen LogP contribution in [0.1, 0.15) is 52.4 Å². The monoisotopic (exact) mass is 211 g/mol. The number of rotatable bonds is 5. The van der Waals surface area contributed by atoms with E-state index in [-0.39, 0.29) is 0 Å². The van der Waals surface area contributed by atoms with Gasteiger partial charge in [-0.05, 0) is 33.2 Å². The van der Waals surface area contributed by atoms with Crippen LogP contribution in [0.25, 0.3) is 0 Å². The Balaban J connectivity index is 2.33. The van der Waals surface area contributed by atoms with Gasteiger partial charge in [0.1, 0.15) is 5.78 Å². The van der Waals surface area contributed by atoms with Gasteiger partial charge in [-0.3, -0.25) is 9.69 Å². The maximum atomic E-state index is 12.0. The van der Waals surface area contributed by atoms with Gasteiger partial charge in [0.25, 0.3) is 0 Å². The van der Waals surface area contributed by atoms with Gasteiger partial charge in [-0.15, -0.1) is 0 Å². The van der Waals surface area contributed by atoms with Crippen LogP contribution in [0.4, 0.5) is 0 Å². The molecule has 0 amide bonds. The molecular formula is C13H25NO. The van der Waals surface area contributed by atoms with Crippen LogP contribution < -0.4 is 0 Å². The molecule has 1 aliphatic carbocycles. The van der Waals surface area contributed by atoms with E-state index in [9.17, 15) is 4.79 Å². The Labute approximate surface area is 94.0 Å². The minimum absolute atomic E-state index is 0.366. The molecule has 1 atom stereocenters. The van der Waals surface area contributed by atoms with E-state index in [2.05, 4.69) is 25.8 Å². The lowest BCUT2D eigenvalue weighted by molar-refractivity contribution is -0.125. The third-order valence-electron chi connectivity index (χ3n) is 3.81. The van der Waals surface area contributed by atoms with Gasteiger partial charge >= 0.3 is 0 Å². The molecule has 0 bridgehead atoms. The van der Waals surface area contributed by atoms with Crippen LogP contribution in [0.15, 0.2) is 0 Å². The fourth-order valence-corrected chi connectivity index (χ4v) is 2.27. The molecule has 0 aromatic heterocycles. The summed E-state index contributed by atoms with van der Waals surface area (Å²) in [5, 5.41) is 0. The summed E-state index contributed by atoms with van der Waals surface area (Å²) in [6, 6.07) is 0.526. The number of carbonyl (C=O) groups excluding carboxylic acids is 1. The third kappa shape index (κ3) is 3.94. The van der Waals surface area contributed by atoms with E-state index in [4.69, 9.17) is 0 Å². The number of carbonyl (C=O) groups is 1. The highest BCUT2D eigenvalue weighted by molar-refractivity contribution is 5.83. The summed E-state index contributed by atoms with van der Waals surface area (Å²) < 4.78 is 0. The number of hydrogen-bond acceptors (Lipinski definition) is 2. The maximum Gasteiger partial charge on any atom is 0.149 e. The van der Waals surface area contributed by atoms with E-state index < -0.39 is 0 Å². The molecule has 2 heteroatoms. The van der Waals surface area contributed by atoms with Crippen LogP contribution in [0, 0.1) is 5.92 Å². The number of Topliss-reactive ketones (excluding diaryl/α,β-unsaturated/α-hetero) is 1. The summed E-state index contributed by atoms with van der Waals surface area (Å²) in [5.74, 6) is 0.836. The van der Waals surface area contributed by atoms with Gasteiger partial charge in [-0.1, -0.05) is 26.2 Å². The average molecular weight is 211 g/mol. The van der Waals surface area contributed by atoms with Crippen molar-refractivity contribution in [2.45, 2.75) is 58.4 Å². The van der Waals surface area contributed by atoms with Gasteiger partial charge in [0.15, 0.2) is 0 Å². The molecule has 1 unspecified atom stereocenters. The second-order valence-corrected chi connectivity index (χ2v) is 4.97. The van der Waals surface area contributed by atoms with Gasteiger partial charge in [-0.2, -0.15) is 0 Å². The summed E-state index contributed by atoms with van der Waals surface area (Å²) in [4.78, 5) is 14.2. The molecule has 0 aromatic rings. The van der Waals surface area contributed by atoms with E-state index in [1.54, 1.807) is 0 Å². The lowest BCUT2D eigenvalue weighted by Crippen LogP contribution is -2.36. The highest BCUT2D eigenvalue weighted by Gasteiger charge is 2.22. The first-order chi connectivity index (χ1) is 7.15. The van der Waals surface area contributed by atoms with Crippen LogP contribution >= 0.6 is 0 Å². The lowest BCUT2D eigenvalue weighted by Gasteiger charge is -2.26. The number of hydrogen-bond donors (Lipinski definition) is 0. The summed E-state index contributed by atoms with van der Waals surface area (Å²) >= 11 is 0. The molecule has 0 saturated heterocycles. The topological polar surface area (TPSA) is 20.3 Å². The predicted molar refractivity (Wildman–Crippen MR) is 64.0 cm³/mol. The van der Waals surface area contributed by atoms with Crippen molar-refractivity contribution in [2.75, 3.05) is 13.6 Å². The average Bonchev–Trinajstić information content (AvgIpc) is 2.29. The van der Waals surface area contributed by atoms with Crippen molar-refractivity contribution in [2.24, 2.45) is 5.92 Å². The molecule has 0 aliphatic heterocycles. The Bertz CT molecular complexity index is 197. The number of ketones is 1. The van der Waals surface area contributed by atoms with E-state index >= 15 is 0 Å². The lowest BCUT2D eigenvalue weighted by atomic mass is 9.86. The van der Waals surface area contributed by atoms with Gasteiger partial charge < -0.3 is 0 Å². The fraction of sp³-hybridized carbons (Fsp3) is 0.923. The van der Waals surface area contributed by atoms with E-state index in [0.717, 1.165) is 19.3 Å². The Morgan fingerprint density at radius 2 is 1.93 bits per heavy atom. The van der Waals surface area contributed by atoms with Crippen molar-refractivity contribution in [3.05, 3.63) is 0 Å². The zero-order chi connectivity index (χ0) is 11.3. The van der Waals surface area contributed by atoms with Crippen molar-refractivity contribution in [1.82, 2.24) is 4.90 Å². The number of nitrogens with zero attached hydrogens (tertiary/aromatic N) is 1. The van der Waals surface area contributed by atoms with Crippen LogP contribution in [0.5, 0.6) is 0 Å². The van der Waals surface area contributed by atoms with Crippen LogP contribution in [-0.2, 0) is 4.79 Å². The summed E-state index contributed by atoms with van der Waals surface area (Å²) in [6.45, 7) is 5.01. The zero-order valence-corrected chi connectivity index (χ0v) is 10.5. The number of likely N-dealkylation sites (N-methyl/N-ethyl adjacent to an activating group) is 1. The second-order valence-electron chi connectivity index (χ2n) is 4.97. The quantitative estimate of drug-likeness (QED) is 0.697. The zero-order valence-electron chi connectivity index (χ0n) is 10.5. The summed E-state index contributed by atoms with van der Waals surface area (Å²) in [7, 11) is 2.06. The van der Waals surface area contributed by atoms with Gasteiger partial charge in [-0.25, -0.2) is 0 Å². The SMILES string of the molecule is CCC(C)N(C)CC(=O)C1CCCCC1. The van der Waals surface area contributed by atoms with Crippen molar-refractivity contribution < 1.29 is 4.79 Å². The summed E-state index contributed by atoms with van der Waals surface area (Å²) in [6.07, 6.45) is 7.21. The molecule has 88 valence electrons. The first-order valence-electron chi connectivity index (χ1n) is 6.38. The van der Waals surface area contributed by atoms with Gasteiger partial charge in [0, 0.05) is 12.0 Å². The Kier molecular flexibility index (Phi) is 5.30. The first-order valence-corrected chi connectivity index (χ1v) is 6.38. The van der Waals surface area contributed by atoms with E-state index in [1.165, 1.54) is 19.3 Å². The van der Waals surface area contributed by atoms with E-state index in [0.29, 0.717) is 24.3 Å². The molecular weight excluding hydrogens is 186 g/mol. The smallest absolute Gasteiger partial charge is 0.149 e. The molecule has 0 radical (unpaired) electrons. The highest BCUT2D eigenvalue weighted by Crippen LogP contribution is 2.24. The Morgan fingerprint density at radius 1 is 1.33 bits per heavy atom. The molecule has 1 aliphatic rings. The van der Waals surface area contributed by atoms with E-state index in [1.807, 2.05) is 0 Å². The Hall–Kier alpha value is -0.370. The van der Waals surface area contributed by atoms with Crippen LogP contribution in [0.3, 0.4) is 0 Å². The van der Waals surface area contributed by atoms with Crippen molar-refractivity contribution >= 4 is 5.78 Å². The standard InChI is InChI=1S/C13H25NO/c1-4-11(2)14(3)10-13(15)12-8-6-5-7-9-12/h11-12H,4-10H2,1-3H3. The fourth-order valence-electron chi connectivity index (χ4n) is 2.27. The molecule has 0 N–H and O–H groups in total. The molecule has 1 fully saturated rings. The molecule has 0 heterocycles. The molecule has 1 saturated carbocycles. The molecule has 0 spiro atoms. The van der Waals surface area contributed by atoms with Crippen molar-refractivity contribution in [3.63, 3.8) is 0 Å². The third-order valence-corrected chi connectivity index (χ3v) is 3.81.